The van der Waals surface area contributed by atoms with Gasteiger partial charge in [-0.1, -0.05) is 17.3 Å². The fourth-order valence-electron chi connectivity index (χ4n) is 3.45. The molecule has 0 bridgehead atoms. The van der Waals surface area contributed by atoms with Gasteiger partial charge in [0.15, 0.2) is 11.6 Å². The number of fused-ring (bicyclic) bond motifs is 1. The zero-order chi connectivity index (χ0) is 19.5. The Balaban J connectivity index is 1.62. The van der Waals surface area contributed by atoms with E-state index in [1.807, 2.05) is 42.5 Å². The fourth-order valence-corrected chi connectivity index (χ4v) is 3.45. The Morgan fingerprint density at radius 2 is 2.07 bits per heavy atom. The van der Waals surface area contributed by atoms with Crippen LogP contribution in [0, 0.1) is 0 Å². The zero-order valence-electron chi connectivity index (χ0n) is 15.8. The normalized spacial score (nSPS) is 16.4. The van der Waals surface area contributed by atoms with Crippen molar-refractivity contribution in [2.24, 2.45) is 16.7 Å². The predicted octanol–water partition coefficient (Wildman–Crippen LogP) is 2.05. The van der Waals surface area contributed by atoms with Crippen LogP contribution in [0.2, 0.25) is 0 Å². The molecule has 1 fully saturated rings. The molecule has 1 aliphatic rings. The van der Waals surface area contributed by atoms with E-state index in [0.29, 0.717) is 5.76 Å². The number of likely N-dealkylation sites (tertiary alicyclic amines) is 1. The van der Waals surface area contributed by atoms with E-state index in [-0.39, 0.29) is 11.9 Å². The van der Waals surface area contributed by atoms with E-state index in [9.17, 15) is 0 Å². The number of amidine groups is 1. The molecule has 8 nitrogen and oxygen atoms in total. The molecule has 1 aromatic heterocycles. The molecule has 0 spiro atoms. The second-order valence-corrected chi connectivity index (χ2v) is 7.02. The van der Waals surface area contributed by atoms with E-state index < -0.39 is 0 Å². The topological polar surface area (TPSA) is 115 Å². The lowest BCUT2D eigenvalue weighted by Gasteiger charge is -2.29. The van der Waals surface area contributed by atoms with E-state index in [1.54, 1.807) is 0 Å². The average Bonchev–Trinajstić information content (AvgIpc) is 3.13. The minimum Gasteiger partial charge on any atom is -0.490 e. The van der Waals surface area contributed by atoms with E-state index in [0.717, 1.165) is 53.7 Å². The van der Waals surface area contributed by atoms with Crippen molar-refractivity contribution >= 4 is 16.7 Å². The summed E-state index contributed by atoms with van der Waals surface area (Å²) in [5, 5.41) is 8.82. The summed E-state index contributed by atoms with van der Waals surface area (Å²) in [6.07, 6.45) is 2.30. The highest BCUT2D eigenvalue weighted by atomic mass is 16.5. The van der Waals surface area contributed by atoms with Crippen molar-refractivity contribution in [3.05, 3.63) is 48.0 Å². The third-order valence-electron chi connectivity index (χ3n) is 5.02. The molecule has 0 atom stereocenters. The molecule has 0 unspecified atom stereocenters. The molecule has 2 heterocycles. The van der Waals surface area contributed by atoms with Crippen molar-refractivity contribution in [3.63, 3.8) is 0 Å². The molecule has 1 saturated heterocycles. The van der Waals surface area contributed by atoms with Gasteiger partial charge in [-0.2, -0.15) is 0 Å². The van der Waals surface area contributed by atoms with Crippen LogP contribution in [0.25, 0.3) is 22.2 Å². The van der Waals surface area contributed by atoms with Crippen molar-refractivity contribution in [1.82, 2.24) is 15.6 Å². The Morgan fingerprint density at radius 1 is 1.25 bits per heavy atom. The van der Waals surface area contributed by atoms with Gasteiger partial charge >= 0.3 is 0 Å². The van der Waals surface area contributed by atoms with Crippen LogP contribution < -0.4 is 21.8 Å². The minimum atomic E-state index is 0.240. The Bertz CT molecular complexity index is 991. The van der Waals surface area contributed by atoms with Crippen LogP contribution in [-0.2, 0) is 0 Å². The number of benzene rings is 2. The van der Waals surface area contributed by atoms with Gasteiger partial charge in [0.1, 0.15) is 17.4 Å². The number of hydrazine groups is 1. The highest BCUT2D eigenvalue weighted by Crippen LogP contribution is 2.32. The summed E-state index contributed by atoms with van der Waals surface area (Å²) in [4.78, 5) is 2.32. The fraction of sp³-hybridized carbons (Fsp3) is 0.300. The monoisotopic (exact) mass is 380 g/mol. The molecule has 5 N–H and O–H groups in total. The Morgan fingerprint density at radius 3 is 2.86 bits per heavy atom. The molecule has 146 valence electrons. The highest BCUT2D eigenvalue weighted by Gasteiger charge is 2.19. The molecule has 0 saturated carbocycles. The van der Waals surface area contributed by atoms with Crippen LogP contribution in [0.15, 0.2) is 52.1 Å². The molecule has 1 aliphatic heterocycles. The summed E-state index contributed by atoms with van der Waals surface area (Å²) in [6, 6.07) is 13.5. The van der Waals surface area contributed by atoms with Crippen molar-refractivity contribution in [3.8, 4) is 17.1 Å². The number of aromatic nitrogens is 1. The summed E-state index contributed by atoms with van der Waals surface area (Å²) in [7, 11) is 2.14. The maximum atomic E-state index is 6.20. The maximum absolute atomic E-state index is 6.20. The van der Waals surface area contributed by atoms with Gasteiger partial charge in [0.05, 0.1) is 5.39 Å². The molecule has 4 rings (SSSR count). The van der Waals surface area contributed by atoms with Crippen LogP contribution in [-0.4, -0.2) is 42.1 Å². The van der Waals surface area contributed by atoms with Crippen molar-refractivity contribution in [1.29, 1.82) is 0 Å². The maximum Gasteiger partial charge on any atom is 0.174 e. The number of nitrogens with two attached hydrogens (primary N) is 2. The number of rotatable bonds is 5. The minimum absolute atomic E-state index is 0.240. The van der Waals surface area contributed by atoms with Gasteiger partial charge in [-0.25, -0.2) is 11.4 Å². The third kappa shape index (κ3) is 3.78. The van der Waals surface area contributed by atoms with Gasteiger partial charge < -0.3 is 19.9 Å². The van der Waals surface area contributed by atoms with E-state index in [1.165, 1.54) is 0 Å². The average molecular weight is 380 g/mol. The molecule has 0 aliphatic carbocycles. The number of hydrogen-bond donors (Lipinski definition) is 3. The van der Waals surface area contributed by atoms with Crippen LogP contribution in [0.5, 0.6) is 5.75 Å². The standard InChI is InChI=1S/C20H24N6O2/c1-26-9-7-15(8-10-26)27-16-4-2-3-13(11-16)19-17-12-14(20(21)23-25-22)5-6-18(17)24-28-19/h2-6,11-12,15,25H,7-10,22H2,1H3,(H2,21,23). The Hall–Kier alpha value is -3.10. The van der Waals surface area contributed by atoms with Gasteiger partial charge in [0.2, 0.25) is 0 Å². The lowest BCUT2D eigenvalue weighted by Crippen LogP contribution is -2.35. The lowest BCUT2D eigenvalue weighted by atomic mass is 10.1. The first-order valence-electron chi connectivity index (χ1n) is 9.28. The summed E-state index contributed by atoms with van der Waals surface area (Å²) < 4.78 is 11.8. The summed E-state index contributed by atoms with van der Waals surface area (Å²) >= 11 is 0. The van der Waals surface area contributed by atoms with Crippen LogP contribution in [0.4, 0.5) is 0 Å². The lowest BCUT2D eigenvalue weighted by molar-refractivity contribution is 0.114. The second kappa shape index (κ2) is 7.87. The number of nitrogens with one attached hydrogen (secondary N) is 1. The van der Waals surface area contributed by atoms with E-state index >= 15 is 0 Å². The predicted molar refractivity (Wildman–Crippen MR) is 109 cm³/mol. The number of hydrazone groups is 1. The first-order chi connectivity index (χ1) is 13.6. The van der Waals surface area contributed by atoms with Crippen LogP contribution >= 0.6 is 0 Å². The molecule has 8 heteroatoms. The smallest absolute Gasteiger partial charge is 0.174 e. The summed E-state index contributed by atoms with van der Waals surface area (Å²) in [5.41, 5.74) is 10.5. The number of piperidine rings is 1. The van der Waals surface area contributed by atoms with Crippen molar-refractivity contribution < 1.29 is 9.26 Å². The van der Waals surface area contributed by atoms with Gasteiger partial charge in [0.25, 0.3) is 0 Å². The molecular weight excluding hydrogens is 356 g/mol. The Kier molecular flexibility index (Phi) is 5.14. The van der Waals surface area contributed by atoms with E-state index in [2.05, 4.69) is 27.7 Å². The number of hydrogen-bond acceptors (Lipinski definition) is 7. The summed E-state index contributed by atoms with van der Waals surface area (Å²) in [5.74, 6) is 7.00. The molecule has 0 amide bonds. The van der Waals surface area contributed by atoms with Gasteiger partial charge in [0, 0.05) is 24.2 Å². The molecule has 0 radical (unpaired) electrons. The second-order valence-electron chi connectivity index (χ2n) is 7.02. The first kappa shape index (κ1) is 18.3. The van der Waals surface area contributed by atoms with Crippen LogP contribution in [0.3, 0.4) is 0 Å². The van der Waals surface area contributed by atoms with Gasteiger partial charge in [-0.15, -0.1) is 5.10 Å². The molecule has 28 heavy (non-hydrogen) atoms. The van der Waals surface area contributed by atoms with Gasteiger partial charge in [-0.05, 0) is 50.2 Å². The molecule has 2 aromatic carbocycles. The molecular formula is C20H24N6O2. The largest absolute Gasteiger partial charge is 0.490 e. The summed E-state index contributed by atoms with van der Waals surface area (Å²) in [6.45, 7) is 2.11. The first-order valence-corrected chi connectivity index (χ1v) is 9.28. The van der Waals surface area contributed by atoms with E-state index in [4.69, 9.17) is 20.8 Å². The quantitative estimate of drug-likeness (QED) is 0.268. The SMILES string of the molecule is CN1CCC(Oc2cccc(-c3onc4ccc(/C(N)=N/NN)cc34)c2)CC1. The Labute approximate surface area is 163 Å². The van der Waals surface area contributed by atoms with Crippen molar-refractivity contribution in [2.45, 2.75) is 18.9 Å². The van der Waals surface area contributed by atoms with Crippen molar-refractivity contribution in [2.75, 3.05) is 20.1 Å². The number of nitrogens with zero attached hydrogens (tertiary/aromatic N) is 3. The third-order valence-corrected chi connectivity index (χ3v) is 5.02. The molecule has 3 aromatic rings. The van der Waals surface area contributed by atoms with Gasteiger partial charge in [-0.3, -0.25) is 0 Å². The highest BCUT2D eigenvalue weighted by molar-refractivity contribution is 6.02. The number of ether oxygens (including phenoxy) is 1. The van der Waals surface area contributed by atoms with Crippen LogP contribution in [0.1, 0.15) is 18.4 Å². The zero-order valence-corrected chi connectivity index (χ0v) is 15.8.